The molecular formula is C45H49N9O4S2. The molecule has 1 aliphatic rings. The molecule has 13 nitrogen and oxygen atoms in total. The maximum absolute atomic E-state index is 13.3. The first-order valence-corrected chi connectivity index (χ1v) is 22.2. The highest BCUT2D eigenvalue weighted by Gasteiger charge is 2.21. The Bertz CT molecular complexity index is 2180. The van der Waals surface area contributed by atoms with Gasteiger partial charge in [0.05, 0.1) is 19.0 Å². The molecule has 7 rings (SSSR count). The summed E-state index contributed by atoms with van der Waals surface area (Å²) in [5, 5.41) is 29.5. The van der Waals surface area contributed by atoms with Gasteiger partial charge in [-0.25, -0.2) is 0 Å². The molecule has 0 saturated carbocycles. The number of thioether (sulfide) groups is 2. The van der Waals surface area contributed by atoms with E-state index in [2.05, 4.69) is 44.7 Å². The maximum Gasteiger partial charge on any atom is 0.320 e. The van der Waals surface area contributed by atoms with E-state index in [0.29, 0.717) is 34.7 Å². The Kier molecular flexibility index (Phi) is 15.5. The molecular weight excluding hydrogens is 795 g/mol. The van der Waals surface area contributed by atoms with Crippen molar-refractivity contribution in [2.24, 2.45) is 10.2 Å². The van der Waals surface area contributed by atoms with Gasteiger partial charge in [-0.3, -0.25) is 9.69 Å². The SMILES string of the molecule is CCN(CC)CC(=O)OC1COc2ccccc2/C=N\n2c(Cc3ccccc3)nnc2SCCCCSc2nnc(Cc3ccccc3)n2/N=C\c2ccccc2OC1. The summed E-state index contributed by atoms with van der Waals surface area (Å²) in [5.74, 6) is 3.91. The summed E-state index contributed by atoms with van der Waals surface area (Å²) in [7, 11) is 0. The van der Waals surface area contributed by atoms with Gasteiger partial charge in [-0.15, -0.1) is 20.4 Å². The van der Waals surface area contributed by atoms with Gasteiger partial charge in [0.25, 0.3) is 0 Å². The molecule has 310 valence electrons. The van der Waals surface area contributed by atoms with Crippen molar-refractivity contribution >= 4 is 41.9 Å². The number of ether oxygens (including phenoxy) is 3. The van der Waals surface area contributed by atoms with Crippen molar-refractivity contribution in [1.82, 2.24) is 34.6 Å². The number of likely N-dealkylation sites (N-methyl/N-ethyl adjacent to an activating group) is 1. The van der Waals surface area contributed by atoms with Crippen LogP contribution in [0, 0.1) is 0 Å². The summed E-state index contributed by atoms with van der Waals surface area (Å²) in [4.78, 5) is 15.3. The lowest BCUT2D eigenvalue weighted by Gasteiger charge is -2.22. The van der Waals surface area contributed by atoms with Crippen molar-refractivity contribution in [1.29, 1.82) is 0 Å². The standard InChI is InChI=1S/C45H49N9O4S2/c1-3-52(4-2)31-43(55)58-38-32-56-39-23-13-11-21-36(39)29-46-53-41(27-34-17-7-5-8-18-34)48-50-44(53)59-25-15-16-26-60-45-51-49-42(28-35-19-9-6-10-20-35)54(45)47-30-37-22-12-14-24-40(37)57-33-38/h5-14,17-24,29-30,38H,3-4,15-16,25-28,31-33H2,1-2H3/b46-29-,47-30-. The molecule has 4 aromatic carbocycles. The zero-order valence-corrected chi connectivity index (χ0v) is 35.5. The Hall–Kier alpha value is -5.77. The van der Waals surface area contributed by atoms with Crippen LogP contribution in [0.4, 0.5) is 0 Å². The highest BCUT2D eigenvalue weighted by Crippen LogP contribution is 2.25. The molecule has 15 heteroatoms. The summed E-state index contributed by atoms with van der Waals surface area (Å²) in [5.41, 5.74) is 3.71. The number of hydrogen-bond donors (Lipinski definition) is 0. The monoisotopic (exact) mass is 843 g/mol. The number of rotatable bonds is 9. The number of nitrogens with zero attached hydrogens (tertiary/aromatic N) is 9. The van der Waals surface area contributed by atoms with E-state index in [1.54, 1.807) is 36.0 Å². The highest BCUT2D eigenvalue weighted by atomic mass is 32.2. The van der Waals surface area contributed by atoms with Crippen LogP contribution in [0.2, 0.25) is 0 Å². The fourth-order valence-electron chi connectivity index (χ4n) is 6.32. The Morgan fingerprint density at radius 1 is 0.650 bits per heavy atom. The van der Waals surface area contributed by atoms with Crippen molar-refractivity contribution in [2.45, 2.75) is 55.9 Å². The third-order valence-electron chi connectivity index (χ3n) is 9.62. The number of benzene rings is 4. The van der Waals surface area contributed by atoms with Crippen LogP contribution in [0.5, 0.6) is 11.5 Å². The van der Waals surface area contributed by atoms with Gasteiger partial charge in [-0.2, -0.15) is 19.6 Å². The summed E-state index contributed by atoms with van der Waals surface area (Å²) >= 11 is 3.25. The lowest BCUT2D eigenvalue weighted by Crippen LogP contribution is -2.37. The minimum absolute atomic E-state index is 0.0439. The third kappa shape index (κ3) is 11.9. The minimum atomic E-state index is -0.735. The van der Waals surface area contributed by atoms with E-state index in [0.717, 1.165) is 71.3 Å². The van der Waals surface area contributed by atoms with E-state index in [1.807, 2.05) is 113 Å². The van der Waals surface area contributed by atoms with Gasteiger partial charge < -0.3 is 14.2 Å². The van der Waals surface area contributed by atoms with Crippen molar-refractivity contribution in [3.63, 3.8) is 0 Å². The van der Waals surface area contributed by atoms with E-state index in [4.69, 9.17) is 24.4 Å². The molecule has 0 aliphatic carbocycles. The number of carbonyl (C=O) groups is 1. The second kappa shape index (κ2) is 22.0. The molecule has 2 aromatic heterocycles. The normalized spacial score (nSPS) is 15.3. The summed E-state index contributed by atoms with van der Waals surface area (Å²) in [6.07, 6.45) is 5.82. The fourth-order valence-corrected chi connectivity index (χ4v) is 8.13. The molecule has 0 spiro atoms. The molecule has 0 bridgehead atoms. The molecule has 0 fully saturated rings. The molecule has 0 unspecified atom stereocenters. The number of para-hydroxylation sites is 2. The quantitative estimate of drug-likeness (QED) is 0.134. The average molecular weight is 844 g/mol. The summed E-state index contributed by atoms with van der Waals surface area (Å²) in [6.45, 7) is 5.73. The molecule has 0 atom stereocenters. The van der Waals surface area contributed by atoms with Crippen molar-refractivity contribution in [2.75, 3.05) is 44.4 Å². The van der Waals surface area contributed by atoms with Crippen LogP contribution in [-0.2, 0) is 22.4 Å². The predicted molar refractivity (Wildman–Crippen MR) is 237 cm³/mol. The van der Waals surface area contributed by atoms with E-state index in [9.17, 15) is 4.79 Å². The van der Waals surface area contributed by atoms with Crippen LogP contribution in [0.3, 0.4) is 0 Å². The van der Waals surface area contributed by atoms with E-state index >= 15 is 0 Å². The topological polar surface area (TPSA) is 134 Å². The van der Waals surface area contributed by atoms with Gasteiger partial charge in [0.15, 0.2) is 17.8 Å². The van der Waals surface area contributed by atoms with Gasteiger partial charge in [-0.1, -0.05) is 122 Å². The third-order valence-corrected chi connectivity index (χ3v) is 11.6. The highest BCUT2D eigenvalue weighted by molar-refractivity contribution is 7.99. The first-order chi connectivity index (χ1) is 29.6. The smallest absolute Gasteiger partial charge is 0.320 e. The zero-order valence-electron chi connectivity index (χ0n) is 33.9. The maximum atomic E-state index is 13.3. The van der Waals surface area contributed by atoms with Gasteiger partial charge >= 0.3 is 5.97 Å². The Balaban J connectivity index is 1.20. The van der Waals surface area contributed by atoms with Crippen molar-refractivity contribution < 1.29 is 19.0 Å². The van der Waals surface area contributed by atoms with E-state index in [-0.39, 0.29) is 25.7 Å². The molecule has 0 saturated heterocycles. The summed E-state index contributed by atoms with van der Waals surface area (Å²) < 4.78 is 22.5. The average Bonchev–Trinajstić information content (AvgIpc) is 3.85. The molecule has 0 amide bonds. The predicted octanol–water partition coefficient (Wildman–Crippen LogP) is 7.51. The molecule has 3 heterocycles. The lowest BCUT2D eigenvalue weighted by atomic mass is 10.1. The lowest BCUT2D eigenvalue weighted by molar-refractivity contribution is -0.153. The number of fused-ring (bicyclic) bond motifs is 4. The molecule has 6 aromatic rings. The van der Waals surface area contributed by atoms with Crippen molar-refractivity contribution in [3.8, 4) is 11.5 Å². The first-order valence-electron chi connectivity index (χ1n) is 20.2. The Labute approximate surface area is 359 Å². The molecule has 1 aliphatic heterocycles. The summed E-state index contributed by atoms with van der Waals surface area (Å²) in [6, 6.07) is 35.6. The van der Waals surface area contributed by atoms with Crippen LogP contribution < -0.4 is 9.47 Å². The van der Waals surface area contributed by atoms with Gasteiger partial charge in [-0.05, 0) is 61.3 Å². The van der Waals surface area contributed by atoms with Crippen LogP contribution in [0.15, 0.2) is 130 Å². The van der Waals surface area contributed by atoms with Crippen LogP contribution >= 0.6 is 23.5 Å². The van der Waals surface area contributed by atoms with Crippen molar-refractivity contribution in [3.05, 3.63) is 143 Å². The Morgan fingerprint density at radius 3 is 1.57 bits per heavy atom. The number of hydrogen-bond acceptors (Lipinski definition) is 13. The van der Waals surface area contributed by atoms with Crippen LogP contribution in [0.25, 0.3) is 0 Å². The Morgan fingerprint density at radius 2 is 1.10 bits per heavy atom. The van der Waals surface area contributed by atoms with Gasteiger partial charge in [0, 0.05) is 35.5 Å². The largest absolute Gasteiger partial charge is 0.489 e. The first kappa shape index (κ1) is 42.4. The zero-order chi connectivity index (χ0) is 41.4. The number of aromatic nitrogens is 6. The molecule has 0 N–H and O–H groups in total. The molecule has 0 radical (unpaired) electrons. The van der Waals surface area contributed by atoms with E-state index in [1.165, 1.54) is 0 Å². The van der Waals surface area contributed by atoms with Crippen LogP contribution in [-0.4, -0.2) is 104 Å². The fraction of sp³-hybridized carbons (Fsp3) is 0.311. The minimum Gasteiger partial charge on any atom is -0.489 e. The second-order valence-electron chi connectivity index (χ2n) is 13.9. The van der Waals surface area contributed by atoms with E-state index < -0.39 is 6.10 Å². The number of carbonyl (C=O) groups excluding carboxylic acids is 1. The van der Waals surface area contributed by atoms with Gasteiger partial charge in [0.2, 0.25) is 10.3 Å². The number of esters is 1. The van der Waals surface area contributed by atoms with Crippen LogP contribution in [0.1, 0.15) is 60.6 Å². The van der Waals surface area contributed by atoms with Gasteiger partial charge in [0.1, 0.15) is 24.7 Å². The molecule has 60 heavy (non-hydrogen) atoms. The second-order valence-corrected chi connectivity index (χ2v) is 16.0.